The number of hydrogen-bond donors (Lipinski definition) is 8. The zero-order valence-electron chi connectivity index (χ0n) is 60.9. The van der Waals surface area contributed by atoms with Crippen LogP contribution in [0.5, 0.6) is 0 Å². The first-order chi connectivity index (χ1) is 48.1. The van der Waals surface area contributed by atoms with Crippen molar-refractivity contribution in [3.05, 3.63) is 211 Å². The Morgan fingerprint density at radius 2 is 0.812 bits per heavy atom. The Balaban J connectivity index is -0.00000119. The minimum atomic E-state index is -0.849. The van der Waals surface area contributed by atoms with Crippen LogP contribution in [-0.2, 0) is 33.4 Å². The number of allylic oxidation sites excluding steroid dienone is 12. The molecule has 0 saturated heterocycles. The summed E-state index contributed by atoms with van der Waals surface area (Å²) in [6.07, 6.45) is 44.7. The van der Waals surface area contributed by atoms with Crippen LogP contribution >= 0.6 is 24.1 Å². The maximum absolute atomic E-state index is 11.4. The highest BCUT2D eigenvalue weighted by Gasteiger charge is 2.13. The Hall–Kier alpha value is -7.85. The summed E-state index contributed by atoms with van der Waals surface area (Å²) < 4.78 is 15.1. The van der Waals surface area contributed by atoms with E-state index in [0.717, 1.165) is 19.9 Å². The van der Waals surface area contributed by atoms with Gasteiger partial charge in [-0.3, -0.25) is 19.2 Å². The van der Waals surface area contributed by atoms with Gasteiger partial charge in [0.05, 0.1) is 66.1 Å². The molecular weight excluding hydrogens is 1360 g/mol. The summed E-state index contributed by atoms with van der Waals surface area (Å²) in [5.41, 5.74) is 1.07. The lowest BCUT2D eigenvalue weighted by Gasteiger charge is -2.14. The van der Waals surface area contributed by atoms with Crippen LogP contribution in [0, 0.1) is 36.5 Å². The van der Waals surface area contributed by atoms with Gasteiger partial charge in [-0.25, -0.2) is 0 Å². The molecule has 3 aromatic rings. The van der Waals surface area contributed by atoms with Gasteiger partial charge in [-0.15, -0.1) is 24.7 Å². The van der Waals surface area contributed by atoms with Crippen LogP contribution in [0.2, 0.25) is 0 Å². The van der Waals surface area contributed by atoms with E-state index in [2.05, 4.69) is 88.1 Å². The Morgan fingerprint density at radius 1 is 0.485 bits per heavy atom. The summed E-state index contributed by atoms with van der Waals surface area (Å²) in [6, 6.07) is 30.7. The van der Waals surface area contributed by atoms with E-state index in [4.69, 9.17) is 32.2 Å². The Morgan fingerprint density at radius 3 is 1.14 bits per heavy atom. The van der Waals surface area contributed by atoms with E-state index in [0.29, 0.717) is 83.3 Å². The average Bonchev–Trinajstić information content (AvgIpc) is 0.894. The molecule has 0 aromatic heterocycles. The van der Waals surface area contributed by atoms with Crippen molar-refractivity contribution >= 4 is 59.4 Å². The largest absolute Gasteiger partial charge is 0.463 e. The van der Waals surface area contributed by atoms with E-state index in [1.807, 2.05) is 89.8 Å². The second kappa shape index (κ2) is 65.5. The summed E-state index contributed by atoms with van der Waals surface area (Å²) in [7, 11) is 1.00. The lowest BCUT2D eigenvalue weighted by atomic mass is 10.0. The third-order valence-corrected chi connectivity index (χ3v) is 14.2. The van der Waals surface area contributed by atoms with E-state index in [9.17, 15) is 54.9 Å². The van der Waals surface area contributed by atoms with Crippen molar-refractivity contribution in [1.82, 2.24) is 0 Å². The molecule has 0 spiro atoms. The van der Waals surface area contributed by atoms with Crippen LogP contribution in [0.1, 0.15) is 159 Å². The van der Waals surface area contributed by atoms with Gasteiger partial charge in [0.1, 0.15) is 6.29 Å². The number of aldehydes is 1. The summed E-state index contributed by atoms with van der Waals surface area (Å²) in [6.45, 7) is 18.2. The first-order valence-corrected chi connectivity index (χ1v) is 35.9. The molecule has 0 aliphatic rings. The number of carbonyl (C=O) groups is 4. The number of aliphatic hydroxyl groups excluding tert-OH is 6. The minimum absolute atomic E-state index is 0.0689. The third-order valence-electron chi connectivity index (χ3n) is 12.9. The predicted octanol–water partition coefficient (Wildman–Crippen LogP) is 14.8. The predicted molar refractivity (Wildman–Crippen MR) is 420 cm³/mol. The minimum Gasteiger partial charge on any atom is -0.463 e. The van der Waals surface area contributed by atoms with Crippen molar-refractivity contribution in [3.63, 3.8) is 0 Å². The highest BCUT2D eigenvalue weighted by molar-refractivity contribution is 9.11. The Kier molecular flexibility index (Phi) is 63.1. The second-order valence-electron chi connectivity index (χ2n) is 23.6. The smallest absolute Gasteiger partial charge is 0.306 e. The van der Waals surface area contributed by atoms with Crippen LogP contribution in [0.15, 0.2) is 211 Å². The summed E-state index contributed by atoms with van der Waals surface area (Å²) >= 11 is 3.09. The van der Waals surface area contributed by atoms with Gasteiger partial charge in [0, 0.05) is 43.8 Å². The number of ether oxygens (including phenoxy) is 3. The van der Waals surface area contributed by atoms with Gasteiger partial charge >= 0.3 is 17.9 Å². The standard InChI is InChI=1S/C24H36O5.C18H26O4.C15H21O3P.C12H10.C9H10O2.C6H11BrO/c1-5-24(4,28)19-12-8-11-16-21(25)14-9-6-7-10-15-22(26)17-13-18-23(27)29-20(2)3;1-4-10-16(19)11-7-5-6-8-12-17(20)13-9-14-18(21)22-15(2)3;1-12(2)18-15(17)10-6-7-13(16)11-19-14-8-4-3-5-9-14;1-3-7-11(8-4-1)12-9-5-2-6-10-12;1-2-6-9(11)7-4-3-5-8-10;1-3-6(2,8)4-5-7/h6-7,9-10,12,14-15,19-22,25-26,28H,5,13,16-18H2,1-4H3;1,5-8,11-12,15-17,19-20H,9-10,13-14H2,2-3H3;3-5,8-9,11-13,16H,6-7,10H2,1-2H3;1-10H;1,3-5,7-9,11H,6H2;4-5,8H,3H2,1-2H3/b7-6+,14-9+,15-10-,19-12+;6-5+,11-7+,12-8-;;;5-3+,7-4+;5-4+/t21-,22+,24+;16-,17-;13-;;9-;6-/m010.11/s1. The van der Waals surface area contributed by atoms with Crippen LogP contribution in [-0.4, -0.2) is 137 Å². The number of aliphatic hydroxyl groups is 8. The molecule has 8 atom stereocenters. The number of hydrogen-bond acceptors (Lipinski definition) is 15. The van der Waals surface area contributed by atoms with Gasteiger partial charge in [-0.05, 0) is 153 Å². The van der Waals surface area contributed by atoms with E-state index >= 15 is 0 Å². The molecule has 552 valence electrons. The topological polar surface area (TPSA) is 258 Å². The molecule has 0 fully saturated rings. The first-order valence-electron chi connectivity index (χ1n) is 34.0. The molecule has 0 unspecified atom stereocenters. The molecule has 17 heteroatoms. The number of rotatable bonds is 36. The molecule has 0 bridgehead atoms. The van der Waals surface area contributed by atoms with Crippen LogP contribution in [0.3, 0.4) is 0 Å². The molecule has 0 amide bonds. The van der Waals surface area contributed by atoms with Crippen molar-refractivity contribution < 1.29 is 74.2 Å². The van der Waals surface area contributed by atoms with Crippen LogP contribution in [0.4, 0.5) is 0 Å². The Labute approximate surface area is 614 Å². The van der Waals surface area contributed by atoms with Crippen LogP contribution < -0.4 is 5.30 Å². The fourth-order valence-electron chi connectivity index (χ4n) is 7.14. The number of halogens is 1. The number of carbonyl (C=O) groups excluding carboxylic acids is 4. The van der Waals surface area contributed by atoms with Crippen molar-refractivity contribution in [2.75, 3.05) is 0 Å². The van der Waals surface area contributed by atoms with E-state index in [1.54, 1.807) is 130 Å². The second-order valence-corrected chi connectivity index (χ2v) is 25.2. The highest BCUT2D eigenvalue weighted by atomic mass is 79.9. The molecule has 0 heterocycles. The average molecular weight is 1470 g/mol. The SMILES string of the molecule is C#CC[C@@H](O)/C=C/C=C/C=C\[C@@H](O)CCCC(=O)OC(C)C.C#CC[C@@H](O)/C=C/C=C/C=O.CC(C)OC(=O)CCC[C@H](O)C=Pc1ccccc1.CC[C@@](C)(O)/C=C/Br.CC[C@@](C)(O)/C=C/C#CC[C@@H](O)/C=C/C=C/C=C\[C@@H](O)CCCC(=O)OC(C)C.c1ccc(-c2ccccc2)cc1. The maximum atomic E-state index is 11.4. The number of benzene rings is 3. The Bertz CT molecular complexity index is 3070. The van der Waals surface area contributed by atoms with Gasteiger partial charge in [0.15, 0.2) is 0 Å². The van der Waals surface area contributed by atoms with Crippen molar-refractivity contribution in [2.45, 2.75) is 225 Å². The highest BCUT2D eigenvalue weighted by Crippen LogP contribution is 2.18. The van der Waals surface area contributed by atoms with E-state index in [1.165, 1.54) is 29.4 Å². The zero-order chi connectivity index (χ0) is 76.4. The molecule has 3 aromatic carbocycles. The molecular formula is C84H114BrO15P. The fraction of sp³-hybridized carbons (Fsp3) is 0.417. The molecule has 0 radical (unpaired) electrons. The van der Waals surface area contributed by atoms with Gasteiger partial charge in [-0.1, -0.05) is 232 Å². The molecule has 3 rings (SSSR count). The van der Waals surface area contributed by atoms with Crippen molar-refractivity contribution in [2.24, 2.45) is 0 Å². The molecule has 0 aliphatic heterocycles. The first kappa shape index (κ1) is 97.3. The maximum Gasteiger partial charge on any atom is 0.306 e. The van der Waals surface area contributed by atoms with Crippen molar-refractivity contribution in [1.29, 1.82) is 0 Å². The van der Waals surface area contributed by atoms with Gasteiger partial charge in [-0.2, -0.15) is 0 Å². The quantitative estimate of drug-likeness (QED) is 0.00512. The normalized spacial score (nSPS) is 14.5. The van der Waals surface area contributed by atoms with E-state index in [-0.39, 0.29) is 42.6 Å². The fourth-order valence-corrected chi connectivity index (χ4v) is 8.54. The third kappa shape index (κ3) is 69.0. The summed E-state index contributed by atoms with van der Waals surface area (Å²) in [5.74, 6) is 11.5. The molecule has 0 aliphatic carbocycles. The number of esters is 3. The van der Waals surface area contributed by atoms with Gasteiger partial charge < -0.3 is 55.1 Å². The molecule has 8 N–H and O–H groups in total. The lowest BCUT2D eigenvalue weighted by molar-refractivity contribution is -0.148. The lowest BCUT2D eigenvalue weighted by Crippen LogP contribution is -2.18. The zero-order valence-corrected chi connectivity index (χ0v) is 63.4. The van der Waals surface area contributed by atoms with Gasteiger partial charge in [0.2, 0.25) is 0 Å². The summed E-state index contributed by atoms with van der Waals surface area (Å²) in [5, 5.41) is 77.6. The van der Waals surface area contributed by atoms with Crippen LogP contribution in [0.25, 0.3) is 11.1 Å². The molecule has 0 saturated carbocycles. The van der Waals surface area contributed by atoms with E-state index < -0.39 is 47.8 Å². The molecule has 101 heavy (non-hydrogen) atoms. The van der Waals surface area contributed by atoms with Crippen molar-refractivity contribution in [3.8, 4) is 47.7 Å². The monoisotopic (exact) mass is 1470 g/mol. The van der Waals surface area contributed by atoms with Gasteiger partial charge in [0.25, 0.3) is 0 Å². The number of terminal acetylenes is 2. The summed E-state index contributed by atoms with van der Waals surface area (Å²) in [4.78, 5) is 45.4. The molecule has 15 nitrogen and oxygen atoms in total.